The zero-order chi connectivity index (χ0) is 17.7. The molecule has 0 aliphatic heterocycles. The van der Waals surface area contributed by atoms with E-state index < -0.39 is 0 Å². The summed E-state index contributed by atoms with van der Waals surface area (Å²) in [7, 11) is 0. The molecule has 25 heavy (non-hydrogen) atoms. The van der Waals surface area contributed by atoms with Gasteiger partial charge < -0.3 is 0 Å². The van der Waals surface area contributed by atoms with Gasteiger partial charge in [-0.25, -0.2) is 0 Å². The van der Waals surface area contributed by atoms with Gasteiger partial charge in [0.25, 0.3) is 0 Å². The molecule has 0 bridgehead atoms. The summed E-state index contributed by atoms with van der Waals surface area (Å²) in [5.74, 6) is 10.0. The van der Waals surface area contributed by atoms with Crippen molar-refractivity contribution in [2.24, 2.45) is 23.7 Å². The second-order valence-corrected chi connectivity index (χ2v) is 8.50. The average Bonchev–Trinajstić information content (AvgIpc) is 2.65. The van der Waals surface area contributed by atoms with Gasteiger partial charge >= 0.3 is 0 Å². The molecule has 0 aromatic heterocycles. The lowest BCUT2D eigenvalue weighted by Gasteiger charge is -2.26. The number of unbranched alkanes of at least 4 members (excludes halogenated alkanes) is 1. The van der Waals surface area contributed by atoms with Crippen molar-refractivity contribution in [2.75, 3.05) is 0 Å². The lowest BCUT2D eigenvalue weighted by Crippen LogP contribution is -2.12. The van der Waals surface area contributed by atoms with Crippen LogP contribution in [-0.2, 0) is 0 Å². The Kier molecular flexibility index (Phi) is 10.1. The fourth-order valence-corrected chi connectivity index (χ4v) is 4.70. The van der Waals surface area contributed by atoms with Crippen LogP contribution in [0.3, 0.4) is 0 Å². The summed E-state index contributed by atoms with van der Waals surface area (Å²) in [5.41, 5.74) is 0. The third kappa shape index (κ3) is 8.31. The van der Waals surface area contributed by atoms with E-state index in [1.165, 1.54) is 83.5 Å². The first kappa shape index (κ1) is 20.4. The summed E-state index contributed by atoms with van der Waals surface area (Å²) in [4.78, 5) is 0. The highest BCUT2D eigenvalue weighted by molar-refractivity contribution is 5.24. The van der Waals surface area contributed by atoms with Gasteiger partial charge in [0.1, 0.15) is 0 Å². The van der Waals surface area contributed by atoms with Crippen LogP contribution < -0.4 is 0 Å². The van der Waals surface area contributed by atoms with Crippen molar-refractivity contribution in [2.45, 2.75) is 97.3 Å². The quantitative estimate of drug-likeness (QED) is 0.416. The van der Waals surface area contributed by atoms with Crippen LogP contribution in [0.15, 0.2) is 24.3 Å². The molecule has 0 heterocycles. The minimum Gasteiger partial charge on any atom is -0.0730 e. The summed E-state index contributed by atoms with van der Waals surface area (Å²) in [5, 5.41) is 0. The average molecular weight is 341 g/mol. The van der Waals surface area contributed by atoms with Crippen LogP contribution in [0.25, 0.3) is 0 Å². The van der Waals surface area contributed by atoms with Crippen LogP contribution in [0.2, 0.25) is 0 Å². The summed E-state index contributed by atoms with van der Waals surface area (Å²) in [6.07, 6.45) is 27.2. The molecule has 2 saturated carbocycles. The zero-order valence-corrected chi connectivity index (χ0v) is 16.8. The van der Waals surface area contributed by atoms with E-state index in [2.05, 4.69) is 50.0 Å². The van der Waals surface area contributed by atoms with E-state index in [-0.39, 0.29) is 0 Å². The number of hydrogen-bond acceptors (Lipinski definition) is 0. The fourth-order valence-electron chi connectivity index (χ4n) is 4.70. The van der Waals surface area contributed by atoms with E-state index in [0.29, 0.717) is 0 Å². The monoisotopic (exact) mass is 340 g/mol. The van der Waals surface area contributed by atoms with Crippen LogP contribution in [-0.4, -0.2) is 0 Å². The Morgan fingerprint density at radius 2 is 1.12 bits per heavy atom. The minimum absolute atomic E-state index is 0.782. The largest absolute Gasteiger partial charge is 0.0730 e. The molecule has 2 fully saturated rings. The SMILES string of the molecule is CCCCC1CCC(/C=C/C#C/C=C/C2CCC(CCC)CC2)CC1. The Morgan fingerprint density at radius 1 is 0.640 bits per heavy atom. The molecule has 0 amide bonds. The molecular weight excluding hydrogens is 300 g/mol. The maximum Gasteiger partial charge on any atom is -0.0153 e. The molecule has 0 heteroatoms. The Hall–Kier alpha value is -0.960. The van der Waals surface area contributed by atoms with E-state index in [0.717, 1.165) is 23.7 Å². The minimum atomic E-state index is 0.782. The van der Waals surface area contributed by atoms with Gasteiger partial charge in [0, 0.05) is 0 Å². The maximum absolute atomic E-state index is 3.23. The zero-order valence-electron chi connectivity index (χ0n) is 16.8. The predicted octanol–water partition coefficient (Wildman–Crippen LogP) is 7.71. The molecule has 2 aliphatic carbocycles. The van der Waals surface area contributed by atoms with Crippen molar-refractivity contribution >= 4 is 0 Å². The summed E-state index contributed by atoms with van der Waals surface area (Å²) >= 11 is 0. The molecule has 0 unspecified atom stereocenters. The third-order valence-corrected chi connectivity index (χ3v) is 6.43. The first-order valence-corrected chi connectivity index (χ1v) is 11.2. The molecule has 0 spiro atoms. The Bertz CT molecular complexity index is 442. The number of rotatable bonds is 7. The molecule has 2 rings (SSSR count). The summed E-state index contributed by atoms with van der Waals surface area (Å²) in [6, 6.07) is 0. The molecule has 0 aromatic rings. The van der Waals surface area contributed by atoms with Gasteiger partial charge in [0.05, 0.1) is 0 Å². The highest BCUT2D eigenvalue weighted by atomic mass is 14.2. The maximum atomic E-state index is 3.23. The highest BCUT2D eigenvalue weighted by Crippen LogP contribution is 2.33. The van der Waals surface area contributed by atoms with E-state index >= 15 is 0 Å². The highest BCUT2D eigenvalue weighted by Gasteiger charge is 2.19. The van der Waals surface area contributed by atoms with Crippen molar-refractivity contribution < 1.29 is 0 Å². The van der Waals surface area contributed by atoms with Crippen molar-refractivity contribution in [3.05, 3.63) is 24.3 Å². The molecule has 0 saturated heterocycles. The predicted molar refractivity (Wildman–Crippen MR) is 111 cm³/mol. The Balaban J connectivity index is 1.60. The third-order valence-electron chi connectivity index (χ3n) is 6.43. The second kappa shape index (κ2) is 12.4. The van der Waals surface area contributed by atoms with Crippen LogP contribution in [0.5, 0.6) is 0 Å². The second-order valence-electron chi connectivity index (χ2n) is 8.50. The van der Waals surface area contributed by atoms with Crippen LogP contribution in [0.1, 0.15) is 97.3 Å². The number of hydrogen-bond donors (Lipinski definition) is 0. The topological polar surface area (TPSA) is 0 Å². The van der Waals surface area contributed by atoms with E-state index in [9.17, 15) is 0 Å². The molecule has 0 radical (unpaired) electrons. The van der Waals surface area contributed by atoms with Crippen molar-refractivity contribution in [3.8, 4) is 11.8 Å². The van der Waals surface area contributed by atoms with Crippen LogP contribution in [0, 0.1) is 35.5 Å². The molecular formula is C25H40. The van der Waals surface area contributed by atoms with Crippen molar-refractivity contribution in [3.63, 3.8) is 0 Å². The van der Waals surface area contributed by atoms with Crippen molar-refractivity contribution in [1.82, 2.24) is 0 Å². The van der Waals surface area contributed by atoms with Gasteiger partial charge in [0.2, 0.25) is 0 Å². The summed E-state index contributed by atoms with van der Waals surface area (Å²) in [6.45, 7) is 4.62. The van der Waals surface area contributed by atoms with E-state index in [4.69, 9.17) is 0 Å². The first-order valence-electron chi connectivity index (χ1n) is 11.2. The molecule has 0 nitrogen and oxygen atoms in total. The van der Waals surface area contributed by atoms with Gasteiger partial charge in [-0.3, -0.25) is 0 Å². The molecule has 0 atom stereocenters. The normalized spacial score (nSPS) is 30.5. The van der Waals surface area contributed by atoms with Gasteiger partial charge in [0.15, 0.2) is 0 Å². The van der Waals surface area contributed by atoms with Crippen LogP contribution in [0.4, 0.5) is 0 Å². The van der Waals surface area contributed by atoms with Crippen molar-refractivity contribution in [1.29, 1.82) is 0 Å². The lowest BCUT2D eigenvalue weighted by atomic mass is 9.80. The molecule has 0 aromatic carbocycles. The van der Waals surface area contributed by atoms with Gasteiger partial charge in [-0.05, 0) is 87.2 Å². The summed E-state index contributed by atoms with van der Waals surface area (Å²) < 4.78 is 0. The molecule has 0 N–H and O–H groups in total. The van der Waals surface area contributed by atoms with Gasteiger partial charge in [-0.2, -0.15) is 0 Å². The van der Waals surface area contributed by atoms with Crippen LogP contribution >= 0.6 is 0 Å². The fraction of sp³-hybridized carbons (Fsp3) is 0.760. The standard InChI is InChI=1S/C25H40/c1-3-5-11-23-18-20-25(21-19-23)13-9-7-6-8-12-24-16-14-22(10-4-2)15-17-24/h8-9,12-13,22-25H,3-5,10-11,14-21H2,1-2H3/b12-8+,13-9+. The first-order chi connectivity index (χ1) is 12.3. The Labute approximate surface area is 157 Å². The number of allylic oxidation sites excluding steroid dienone is 4. The smallest absolute Gasteiger partial charge is 0.0153 e. The molecule has 140 valence electrons. The van der Waals surface area contributed by atoms with Gasteiger partial charge in [-0.1, -0.05) is 69.9 Å². The van der Waals surface area contributed by atoms with Gasteiger partial charge in [-0.15, -0.1) is 0 Å². The lowest BCUT2D eigenvalue weighted by molar-refractivity contribution is 0.291. The van der Waals surface area contributed by atoms with E-state index in [1.807, 2.05) is 0 Å². The Morgan fingerprint density at radius 3 is 1.56 bits per heavy atom. The molecule has 2 aliphatic rings. The van der Waals surface area contributed by atoms with E-state index in [1.54, 1.807) is 0 Å².